The Hall–Kier alpha value is -1.40. The average molecular weight is 296 g/mol. The van der Waals surface area contributed by atoms with Crippen molar-refractivity contribution in [3.8, 4) is 0 Å². The van der Waals surface area contributed by atoms with Gasteiger partial charge in [0, 0.05) is 40.6 Å². The summed E-state index contributed by atoms with van der Waals surface area (Å²) in [6.45, 7) is 2.96. The number of amides is 1. The Bertz CT molecular complexity index is 484. The fraction of sp³-hybridized carbons (Fsp3) is 0.500. The average Bonchev–Trinajstić information content (AvgIpc) is 2.49. The Labute approximate surface area is 121 Å². The van der Waals surface area contributed by atoms with Crippen molar-refractivity contribution in [1.29, 1.82) is 0 Å². The van der Waals surface area contributed by atoms with Gasteiger partial charge in [-0.2, -0.15) is 0 Å². The summed E-state index contributed by atoms with van der Waals surface area (Å²) in [5.74, 6) is -0.223. The van der Waals surface area contributed by atoms with Crippen molar-refractivity contribution in [3.63, 3.8) is 0 Å². The first kappa shape index (κ1) is 15.0. The van der Waals surface area contributed by atoms with Gasteiger partial charge in [0.25, 0.3) is 0 Å². The van der Waals surface area contributed by atoms with Crippen LogP contribution < -0.4 is 11.1 Å². The van der Waals surface area contributed by atoms with Crippen molar-refractivity contribution >= 4 is 28.1 Å². The van der Waals surface area contributed by atoms with E-state index in [1.807, 2.05) is 0 Å². The molecule has 20 heavy (non-hydrogen) atoms. The van der Waals surface area contributed by atoms with E-state index in [0.717, 1.165) is 12.8 Å². The van der Waals surface area contributed by atoms with E-state index < -0.39 is 16.0 Å². The summed E-state index contributed by atoms with van der Waals surface area (Å²) in [7, 11) is -1.18. The minimum atomic E-state index is -1.18. The minimum absolute atomic E-state index is 0.0518. The van der Waals surface area contributed by atoms with Crippen LogP contribution >= 0.6 is 0 Å². The van der Waals surface area contributed by atoms with Crippen molar-refractivity contribution in [2.75, 3.05) is 24.3 Å². The number of rotatable bonds is 4. The molecule has 1 saturated heterocycles. The van der Waals surface area contributed by atoms with E-state index in [4.69, 9.17) is 10.5 Å². The second kappa shape index (κ2) is 6.85. The highest BCUT2D eigenvalue weighted by Crippen LogP contribution is 2.18. The lowest BCUT2D eigenvalue weighted by Crippen LogP contribution is -2.36. The van der Waals surface area contributed by atoms with Crippen LogP contribution in [0.15, 0.2) is 24.3 Å². The van der Waals surface area contributed by atoms with E-state index in [1.54, 1.807) is 31.2 Å². The SMILES string of the molecule is CC(C(=O)Nc1ccc(N)cc1)S(=O)C1CCOCC1. The predicted molar refractivity (Wildman–Crippen MR) is 80.9 cm³/mol. The molecule has 0 bridgehead atoms. The van der Waals surface area contributed by atoms with Crippen molar-refractivity contribution in [3.05, 3.63) is 24.3 Å². The fourth-order valence-electron chi connectivity index (χ4n) is 2.11. The molecule has 0 radical (unpaired) electrons. The number of nitrogen functional groups attached to an aromatic ring is 1. The summed E-state index contributed by atoms with van der Waals surface area (Å²) >= 11 is 0. The van der Waals surface area contributed by atoms with Gasteiger partial charge in [0.15, 0.2) is 0 Å². The Balaban J connectivity index is 1.93. The molecule has 3 N–H and O–H groups in total. The molecule has 0 aliphatic carbocycles. The quantitative estimate of drug-likeness (QED) is 0.826. The smallest absolute Gasteiger partial charge is 0.239 e. The second-order valence-electron chi connectivity index (χ2n) is 4.89. The number of nitrogens with two attached hydrogens (primary N) is 1. The lowest BCUT2D eigenvalue weighted by Gasteiger charge is -2.24. The zero-order chi connectivity index (χ0) is 14.5. The minimum Gasteiger partial charge on any atom is -0.399 e. The molecule has 1 aromatic rings. The highest BCUT2D eigenvalue weighted by Gasteiger charge is 2.28. The Kier molecular flexibility index (Phi) is 5.14. The third-order valence-corrected chi connectivity index (χ3v) is 5.43. The summed E-state index contributed by atoms with van der Waals surface area (Å²) in [5.41, 5.74) is 6.90. The molecule has 6 heteroatoms. The van der Waals surface area contributed by atoms with Crippen LogP contribution in [0.25, 0.3) is 0 Å². The number of carbonyl (C=O) groups is 1. The Morgan fingerprint density at radius 2 is 1.95 bits per heavy atom. The first-order valence-corrected chi connectivity index (χ1v) is 7.99. The van der Waals surface area contributed by atoms with Crippen LogP contribution in [0.3, 0.4) is 0 Å². The number of hydrogen-bond acceptors (Lipinski definition) is 4. The van der Waals surface area contributed by atoms with Crippen LogP contribution in [0, 0.1) is 0 Å². The topological polar surface area (TPSA) is 81.4 Å². The molecule has 5 nitrogen and oxygen atoms in total. The largest absolute Gasteiger partial charge is 0.399 e. The van der Waals surface area contributed by atoms with Crippen LogP contribution in [0.1, 0.15) is 19.8 Å². The molecule has 1 aliphatic rings. The van der Waals surface area contributed by atoms with E-state index in [1.165, 1.54) is 0 Å². The molecular formula is C14H20N2O3S. The third kappa shape index (κ3) is 3.80. The van der Waals surface area contributed by atoms with Gasteiger partial charge in [0.1, 0.15) is 5.25 Å². The van der Waals surface area contributed by atoms with Crippen molar-refractivity contribution in [2.45, 2.75) is 30.3 Å². The number of benzene rings is 1. The maximum absolute atomic E-state index is 12.4. The number of hydrogen-bond donors (Lipinski definition) is 2. The van der Waals surface area contributed by atoms with Gasteiger partial charge in [-0.3, -0.25) is 9.00 Å². The molecule has 1 aromatic carbocycles. The van der Waals surface area contributed by atoms with Gasteiger partial charge in [-0.25, -0.2) is 0 Å². The standard InChI is InChI=1S/C14H20N2O3S/c1-10(20(18)13-6-8-19-9-7-13)14(17)16-12-4-2-11(15)3-5-12/h2-5,10,13H,6-9,15H2,1H3,(H,16,17). The monoisotopic (exact) mass is 296 g/mol. The summed E-state index contributed by atoms with van der Waals surface area (Å²) < 4.78 is 17.6. The van der Waals surface area contributed by atoms with Crippen molar-refractivity contribution in [2.24, 2.45) is 0 Å². The maximum atomic E-state index is 12.4. The molecule has 0 spiro atoms. The van der Waals surface area contributed by atoms with E-state index in [-0.39, 0.29) is 11.2 Å². The molecular weight excluding hydrogens is 276 g/mol. The van der Waals surface area contributed by atoms with Gasteiger partial charge in [-0.05, 0) is 44.0 Å². The molecule has 1 aliphatic heterocycles. The zero-order valence-corrected chi connectivity index (χ0v) is 12.3. The lowest BCUT2D eigenvalue weighted by molar-refractivity contribution is -0.115. The van der Waals surface area contributed by atoms with Crippen LogP contribution in [-0.2, 0) is 20.3 Å². The summed E-state index contributed by atoms with van der Waals surface area (Å²) in [6, 6.07) is 6.90. The van der Waals surface area contributed by atoms with E-state index in [9.17, 15) is 9.00 Å². The highest BCUT2D eigenvalue weighted by molar-refractivity contribution is 7.87. The van der Waals surface area contributed by atoms with E-state index >= 15 is 0 Å². The van der Waals surface area contributed by atoms with Gasteiger partial charge in [-0.15, -0.1) is 0 Å². The molecule has 110 valence electrons. The Morgan fingerprint density at radius 3 is 2.55 bits per heavy atom. The summed E-state index contributed by atoms with van der Waals surface area (Å²) in [6.07, 6.45) is 1.51. The third-order valence-electron chi connectivity index (χ3n) is 3.39. The normalized spacial score (nSPS) is 19.2. The summed E-state index contributed by atoms with van der Waals surface area (Å²) in [4.78, 5) is 12.1. The number of carbonyl (C=O) groups excluding carboxylic acids is 1. The molecule has 2 unspecified atom stereocenters. The Morgan fingerprint density at radius 1 is 1.35 bits per heavy atom. The second-order valence-corrected chi connectivity index (χ2v) is 6.92. The fourth-order valence-corrected chi connectivity index (χ4v) is 3.62. The summed E-state index contributed by atoms with van der Waals surface area (Å²) in [5, 5.41) is 2.29. The predicted octanol–water partition coefficient (Wildman–Crippen LogP) is 1.52. The maximum Gasteiger partial charge on any atom is 0.239 e. The van der Waals surface area contributed by atoms with Crippen molar-refractivity contribution < 1.29 is 13.7 Å². The molecule has 0 saturated carbocycles. The molecule has 2 atom stereocenters. The van der Waals surface area contributed by atoms with Crippen LogP contribution in [0.4, 0.5) is 11.4 Å². The molecule has 1 heterocycles. The molecule has 1 fully saturated rings. The molecule has 2 rings (SSSR count). The highest BCUT2D eigenvalue weighted by atomic mass is 32.2. The lowest BCUT2D eigenvalue weighted by atomic mass is 10.2. The van der Waals surface area contributed by atoms with E-state index in [0.29, 0.717) is 24.6 Å². The number of ether oxygens (including phenoxy) is 1. The van der Waals surface area contributed by atoms with Crippen molar-refractivity contribution in [1.82, 2.24) is 0 Å². The molecule has 0 aromatic heterocycles. The zero-order valence-electron chi connectivity index (χ0n) is 11.5. The van der Waals surface area contributed by atoms with Gasteiger partial charge < -0.3 is 15.8 Å². The molecule has 1 amide bonds. The van der Waals surface area contributed by atoms with Gasteiger partial charge in [0.2, 0.25) is 5.91 Å². The van der Waals surface area contributed by atoms with E-state index in [2.05, 4.69) is 5.32 Å². The van der Waals surface area contributed by atoms with Gasteiger partial charge in [0.05, 0.1) is 0 Å². The number of nitrogens with one attached hydrogen (secondary N) is 1. The first-order chi connectivity index (χ1) is 9.58. The van der Waals surface area contributed by atoms with Gasteiger partial charge >= 0.3 is 0 Å². The van der Waals surface area contributed by atoms with Gasteiger partial charge in [-0.1, -0.05) is 0 Å². The number of anilines is 2. The van der Waals surface area contributed by atoms with Crippen LogP contribution in [0.5, 0.6) is 0 Å². The van der Waals surface area contributed by atoms with Crippen LogP contribution in [0.2, 0.25) is 0 Å². The van der Waals surface area contributed by atoms with Crippen LogP contribution in [-0.4, -0.2) is 33.8 Å². The first-order valence-electron chi connectivity index (χ1n) is 6.71.